The molecular formula is C24H20N4O3S. The molecule has 4 aromatic rings. The lowest BCUT2D eigenvalue weighted by Gasteiger charge is -2.09. The molecule has 5 rings (SSSR count). The summed E-state index contributed by atoms with van der Waals surface area (Å²) < 4.78 is 27.9. The van der Waals surface area contributed by atoms with Crippen molar-refractivity contribution in [3.8, 4) is 0 Å². The van der Waals surface area contributed by atoms with E-state index in [1.807, 2.05) is 30.3 Å². The van der Waals surface area contributed by atoms with Gasteiger partial charge in [-0.2, -0.15) is 0 Å². The Morgan fingerprint density at radius 1 is 0.938 bits per heavy atom. The molecule has 160 valence electrons. The molecule has 32 heavy (non-hydrogen) atoms. The van der Waals surface area contributed by atoms with Crippen molar-refractivity contribution < 1.29 is 13.2 Å². The Bertz CT molecular complexity index is 1410. The van der Waals surface area contributed by atoms with Gasteiger partial charge in [0.2, 0.25) is 5.91 Å². The number of carbonyl (C=O) groups is 1. The fourth-order valence-electron chi connectivity index (χ4n) is 3.78. The predicted octanol–water partition coefficient (Wildman–Crippen LogP) is 4.17. The fraction of sp³-hybridized carbons (Fsp3) is 0.125. The van der Waals surface area contributed by atoms with E-state index in [1.54, 1.807) is 42.7 Å². The first-order valence-electron chi connectivity index (χ1n) is 10.2. The molecule has 7 nitrogen and oxygen atoms in total. The van der Waals surface area contributed by atoms with Crippen LogP contribution in [0.4, 0.5) is 11.5 Å². The minimum absolute atomic E-state index is 0.00958. The second kappa shape index (κ2) is 8.05. The Morgan fingerprint density at radius 2 is 1.84 bits per heavy atom. The molecule has 0 bridgehead atoms. The lowest BCUT2D eigenvalue weighted by atomic mass is 10.1. The standard InChI is InChI=1S/C24H20N4O3S/c29-24(27-19-8-7-18-15-25-11-9-16(18)12-19)22-14-21(22)17-4-3-5-20(13-17)32(30,31)28-23-6-1-2-10-26-23/h1-13,15,21-22H,14H2,(H,26,28)(H,27,29)/t21?,22-/m1/s1. The highest BCUT2D eigenvalue weighted by molar-refractivity contribution is 7.92. The Hall–Kier alpha value is -3.78. The van der Waals surface area contributed by atoms with Crippen molar-refractivity contribution in [1.82, 2.24) is 9.97 Å². The SMILES string of the molecule is O=C(Nc1ccc2cnccc2c1)[C@@H]1CC1c1cccc(S(=O)(=O)Nc2ccccn2)c1. The summed E-state index contributed by atoms with van der Waals surface area (Å²) in [5.74, 6) is -0.00878. The summed E-state index contributed by atoms with van der Waals surface area (Å²) in [6.45, 7) is 0. The van der Waals surface area contributed by atoms with E-state index in [9.17, 15) is 13.2 Å². The number of aromatic nitrogens is 2. The van der Waals surface area contributed by atoms with Crippen LogP contribution in [-0.2, 0) is 14.8 Å². The van der Waals surface area contributed by atoms with E-state index in [-0.39, 0.29) is 28.5 Å². The first-order valence-corrected chi connectivity index (χ1v) is 11.7. The smallest absolute Gasteiger partial charge is 0.263 e. The number of nitrogens with zero attached hydrogens (tertiary/aromatic N) is 2. The van der Waals surface area contributed by atoms with Crippen LogP contribution in [0, 0.1) is 5.92 Å². The monoisotopic (exact) mass is 444 g/mol. The zero-order valence-corrected chi connectivity index (χ0v) is 17.8. The molecule has 1 aliphatic carbocycles. The normalized spacial score (nSPS) is 17.6. The first-order chi connectivity index (χ1) is 15.5. The maximum Gasteiger partial charge on any atom is 0.263 e. The number of fused-ring (bicyclic) bond motifs is 1. The number of pyridine rings is 2. The minimum atomic E-state index is -3.77. The third-order valence-electron chi connectivity index (χ3n) is 5.54. The molecule has 0 spiro atoms. The number of benzene rings is 2. The lowest BCUT2D eigenvalue weighted by molar-refractivity contribution is -0.117. The van der Waals surface area contributed by atoms with E-state index in [4.69, 9.17) is 0 Å². The number of hydrogen-bond donors (Lipinski definition) is 2. The van der Waals surface area contributed by atoms with Crippen LogP contribution in [0.3, 0.4) is 0 Å². The van der Waals surface area contributed by atoms with Gasteiger partial charge in [-0.1, -0.05) is 24.3 Å². The third-order valence-corrected chi connectivity index (χ3v) is 6.89. The Kier molecular flexibility index (Phi) is 5.07. The Balaban J connectivity index is 1.29. The number of nitrogens with one attached hydrogen (secondary N) is 2. The van der Waals surface area contributed by atoms with E-state index >= 15 is 0 Å². The Morgan fingerprint density at radius 3 is 2.69 bits per heavy atom. The highest BCUT2D eigenvalue weighted by atomic mass is 32.2. The van der Waals surface area contributed by atoms with Gasteiger partial charge in [-0.15, -0.1) is 0 Å². The van der Waals surface area contributed by atoms with E-state index in [1.165, 1.54) is 12.3 Å². The highest BCUT2D eigenvalue weighted by Crippen LogP contribution is 2.48. The van der Waals surface area contributed by atoms with Crippen molar-refractivity contribution in [2.75, 3.05) is 10.0 Å². The van der Waals surface area contributed by atoms with Crippen LogP contribution in [0.25, 0.3) is 10.8 Å². The van der Waals surface area contributed by atoms with Gasteiger partial charge < -0.3 is 5.32 Å². The maximum absolute atomic E-state index is 12.8. The number of rotatable bonds is 6. The molecule has 2 heterocycles. The van der Waals surface area contributed by atoms with Gasteiger partial charge in [0.25, 0.3) is 10.0 Å². The molecule has 2 aromatic carbocycles. The quantitative estimate of drug-likeness (QED) is 0.465. The minimum Gasteiger partial charge on any atom is -0.326 e. The van der Waals surface area contributed by atoms with Crippen molar-refractivity contribution in [2.24, 2.45) is 5.92 Å². The van der Waals surface area contributed by atoms with E-state index < -0.39 is 10.0 Å². The predicted molar refractivity (Wildman–Crippen MR) is 123 cm³/mol. The first kappa shape index (κ1) is 20.1. The number of carbonyl (C=O) groups excluding carboxylic acids is 1. The Labute approximate surface area is 185 Å². The fourth-order valence-corrected chi connectivity index (χ4v) is 4.84. The maximum atomic E-state index is 12.8. The van der Waals surface area contributed by atoms with Crippen LogP contribution in [-0.4, -0.2) is 24.3 Å². The summed E-state index contributed by atoms with van der Waals surface area (Å²) in [6, 6.07) is 19.3. The van der Waals surface area contributed by atoms with Crippen molar-refractivity contribution >= 4 is 38.2 Å². The molecule has 1 fully saturated rings. The highest BCUT2D eigenvalue weighted by Gasteiger charge is 2.44. The lowest BCUT2D eigenvalue weighted by Crippen LogP contribution is -2.15. The summed E-state index contributed by atoms with van der Waals surface area (Å²) >= 11 is 0. The zero-order chi connectivity index (χ0) is 22.1. The molecule has 1 unspecified atom stereocenters. The van der Waals surface area contributed by atoms with Gasteiger partial charge in [0, 0.05) is 35.6 Å². The molecule has 2 aromatic heterocycles. The van der Waals surface area contributed by atoms with Gasteiger partial charge in [0.05, 0.1) is 4.90 Å². The molecule has 2 atom stereocenters. The van der Waals surface area contributed by atoms with Gasteiger partial charge in [-0.3, -0.25) is 14.5 Å². The molecular weight excluding hydrogens is 424 g/mol. The molecule has 2 N–H and O–H groups in total. The number of anilines is 2. The van der Waals surface area contributed by atoms with E-state index in [2.05, 4.69) is 20.0 Å². The third kappa shape index (κ3) is 4.17. The summed E-state index contributed by atoms with van der Waals surface area (Å²) in [4.78, 5) is 21.0. The summed E-state index contributed by atoms with van der Waals surface area (Å²) in [5.41, 5.74) is 1.56. The largest absolute Gasteiger partial charge is 0.326 e. The van der Waals surface area contributed by atoms with Crippen LogP contribution in [0.5, 0.6) is 0 Å². The second-order valence-electron chi connectivity index (χ2n) is 7.77. The van der Waals surface area contributed by atoms with Crippen LogP contribution >= 0.6 is 0 Å². The van der Waals surface area contributed by atoms with Gasteiger partial charge in [0.1, 0.15) is 5.82 Å². The van der Waals surface area contributed by atoms with Gasteiger partial charge >= 0.3 is 0 Å². The van der Waals surface area contributed by atoms with Crippen LogP contribution < -0.4 is 10.0 Å². The molecule has 1 amide bonds. The van der Waals surface area contributed by atoms with Crippen molar-refractivity contribution in [3.05, 3.63) is 90.9 Å². The van der Waals surface area contributed by atoms with Gasteiger partial charge in [0.15, 0.2) is 0 Å². The number of amides is 1. The molecule has 0 aliphatic heterocycles. The molecule has 1 aliphatic rings. The van der Waals surface area contributed by atoms with E-state index in [0.29, 0.717) is 6.42 Å². The van der Waals surface area contributed by atoms with Crippen LogP contribution in [0.1, 0.15) is 17.9 Å². The van der Waals surface area contributed by atoms with Crippen LogP contribution in [0.2, 0.25) is 0 Å². The van der Waals surface area contributed by atoms with Crippen molar-refractivity contribution in [2.45, 2.75) is 17.2 Å². The van der Waals surface area contributed by atoms with Gasteiger partial charge in [-0.05, 0) is 65.8 Å². The second-order valence-corrected chi connectivity index (χ2v) is 9.45. The molecule has 8 heteroatoms. The summed E-state index contributed by atoms with van der Waals surface area (Å²) in [7, 11) is -3.77. The van der Waals surface area contributed by atoms with E-state index in [0.717, 1.165) is 22.0 Å². The molecule has 0 radical (unpaired) electrons. The van der Waals surface area contributed by atoms with Crippen molar-refractivity contribution in [3.63, 3.8) is 0 Å². The van der Waals surface area contributed by atoms with Gasteiger partial charge in [-0.25, -0.2) is 13.4 Å². The topological polar surface area (TPSA) is 101 Å². The van der Waals surface area contributed by atoms with Crippen LogP contribution in [0.15, 0.2) is 90.2 Å². The summed E-state index contributed by atoms with van der Waals surface area (Å²) in [5, 5.41) is 4.98. The average molecular weight is 445 g/mol. The summed E-state index contributed by atoms with van der Waals surface area (Å²) in [6.07, 6.45) is 5.70. The molecule has 1 saturated carbocycles. The number of sulfonamides is 1. The number of hydrogen-bond acceptors (Lipinski definition) is 5. The van der Waals surface area contributed by atoms with Crippen molar-refractivity contribution in [1.29, 1.82) is 0 Å². The average Bonchev–Trinajstić information content (AvgIpc) is 3.61. The molecule has 0 saturated heterocycles. The zero-order valence-electron chi connectivity index (χ0n) is 17.0.